The second-order valence-electron chi connectivity index (χ2n) is 9.10. The number of nitrogens with zero attached hydrogens (tertiary/aromatic N) is 1. The summed E-state index contributed by atoms with van der Waals surface area (Å²) in [5.74, 6) is 5.74. The number of aromatic nitrogens is 1. The molecule has 0 atom stereocenters. The van der Waals surface area contributed by atoms with E-state index in [-0.39, 0.29) is 29.8 Å². The molecule has 208 valence electrons. The molecule has 4 rings (SSSR count). The van der Waals surface area contributed by atoms with Crippen LogP contribution in [0, 0.1) is 11.8 Å². The summed E-state index contributed by atoms with van der Waals surface area (Å²) in [5, 5.41) is 6.94. The Labute approximate surface area is 224 Å². The van der Waals surface area contributed by atoms with E-state index >= 15 is 0 Å². The van der Waals surface area contributed by atoms with Gasteiger partial charge in [0.15, 0.2) is 0 Å². The van der Waals surface area contributed by atoms with Crippen molar-refractivity contribution >= 4 is 38.1 Å². The van der Waals surface area contributed by atoms with Crippen molar-refractivity contribution in [2.45, 2.75) is 31.6 Å². The number of hydrogen-bond donors (Lipinski definition) is 2. The molecule has 1 aliphatic heterocycles. The highest BCUT2D eigenvalue weighted by Gasteiger charge is 2.30. The number of anilines is 2. The molecule has 0 radical (unpaired) electrons. The maximum Gasteiger partial charge on any atom is 0.406 e. The number of sulfone groups is 1. The van der Waals surface area contributed by atoms with Crippen LogP contribution in [-0.4, -0.2) is 63.4 Å². The van der Waals surface area contributed by atoms with Crippen LogP contribution in [0.2, 0.25) is 0 Å². The molecule has 3 aromatic rings. The SMILES string of the molecule is COC(=O)c1ccc(NCC#Cc2cc3c(NC4CCS(=O)(=O)CC4)cccc3n2CC(F)(F)F)c(OC)c1. The lowest BCUT2D eigenvalue weighted by molar-refractivity contribution is -0.140. The Kier molecular flexibility index (Phi) is 8.30. The van der Waals surface area contributed by atoms with Gasteiger partial charge in [0.2, 0.25) is 0 Å². The van der Waals surface area contributed by atoms with E-state index in [2.05, 4.69) is 22.5 Å². The number of esters is 1. The van der Waals surface area contributed by atoms with E-state index in [0.29, 0.717) is 46.4 Å². The van der Waals surface area contributed by atoms with Gasteiger partial charge >= 0.3 is 12.1 Å². The fourth-order valence-electron chi connectivity index (χ4n) is 4.47. The van der Waals surface area contributed by atoms with Crippen LogP contribution in [0.15, 0.2) is 42.5 Å². The van der Waals surface area contributed by atoms with Crippen LogP contribution < -0.4 is 15.4 Å². The van der Waals surface area contributed by atoms with E-state index in [1.165, 1.54) is 20.3 Å². The van der Waals surface area contributed by atoms with E-state index in [4.69, 9.17) is 9.47 Å². The predicted octanol–water partition coefficient (Wildman–Crippen LogP) is 4.45. The van der Waals surface area contributed by atoms with Gasteiger partial charge in [0.25, 0.3) is 0 Å². The Hall–Kier alpha value is -3.85. The van der Waals surface area contributed by atoms with Crippen molar-refractivity contribution in [1.29, 1.82) is 0 Å². The Morgan fingerprint density at radius 1 is 1.10 bits per heavy atom. The van der Waals surface area contributed by atoms with Crippen LogP contribution in [0.4, 0.5) is 24.5 Å². The number of halogens is 3. The molecule has 8 nitrogen and oxygen atoms in total. The molecule has 0 spiro atoms. The quantitative estimate of drug-likeness (QED) is 0.324. The van der Waals surface area contributed by atoms with Gasteiger partial charge < -0.3 is 24.7 Å². The average molecular weight is 564 g/mol. The smallest absolute Gasteiger partial charge is 0.406 e. The summed E-state index contributed by atoms with van der Waals surface area (Å²) in [6.07, 6.45) is -3.59. The molecule has 0 bridgehead atoms. The molecule has 39 heavy (non-hydrogen) atoms. The van der Waals surface area contributed by atoms with Crippen LogP contribution in [0.25, 0.3) is 10.9 Å². The van der Waals surface area contributed by atoms with Crippen LogP contribution >= 0.6 is 0 Å². The predicted molar refractivity (Wildman–Crippen MR) is 143 cm³/mol. The fourth-order valence-corrected chi connectivity index (χ4v) is 5.97. The summed E-state index contributed by atoms with van der Waals surface area (Å²) in [7, 11) is -0.321. The number of hydrogen-bond acceptors (Lipinski definition) is 7. The van der Waals surface area contributed by atoms with Crippen LogP contribution in [0.1, 0.15) is 28.9 Å². The lowest BCUT2D eigenvalue weighted by Gasteiger charge is -2.24. The Balaban J connectivity index is 1.58. The third-order valence-corrected chi connectivity index (χ3v) is 8.12. The van der Waals surface area contributed by atoms with Gasteiger partial charge in [-0.1, -0.05) is 12.0 Å². The molecular weight excluding hydrogens is 535 g/mol. The van der Waals surface area contributed by atoms with E-state index in [9.17, 15) is 26.4 Å². The minimum atomic E-state index is -4.46. The zero-order valence-electron chi connectivity index (χ0n) is 21.4. The number of methoxy groups -OCH3 is 2. The first-order chi connectivity index (χ1) is 18.5. The third kappa shape index (κ3) is 6.97. The first-order valence-corrected chi connectivity index (χ1v) is 14.0. The number of carbonyl (C=O) groups is 1. The van der Waals surface area contributed by atoms with Crippen LogP contribution in [-0.2, 0) is 21.1 Å². The number of nitrogens with one attached hydrogen (secondary N) is 2. The van der Waals surface area contributed by atoms with E-state index in [1.807, 2.05) is 0 Å². The van der Waals surface area contributed by atoms with E-state index < -0.39 is 28.5 Å². The Bertz CT molecular complexity index is 1520. The average Bonchev–Trinajstić information content (AvgIpc) is 3.24. The molecule has 0 saturated carbocycles. The number of fused-ring (bicyclic) bond motifs is 1. The van der Waals surface area contributed by atoms with Crippen molar-refractivity contribution < 1.29 is 35.9 Å². The van der Waals surface area contributed by atoms with Crippen molar-refractivity contribution in [3.63, 3.8) is 0 Å². The third-order valence-electron chi connectivity index (χ3n) is 6.40. The summed E-state index contributed by atoms with van der Waals surface area (Å²) >= 11 is 0. The van der Waals surface area contributed by atoms with Gasteiger partial charge in [0.05, 0.1) is 54.7 Å². The molecular formula is C27H28F3N3O5S. The van der Waals surface area contributed by atoms with Crippen LogP contribution in [0.5, 0.6) is 5.75 Å². The highest BCUT2D eigenvalue weighted by atomic mass is 32.2. The van der Waals surface area contributed by atoms with Crippen molar-refractivity contribution in [1.82, 2.24) is 4.57 Å². The molecule has 0 aliphatic carbocycles. The molecule has 0 unspecified atom stereocenters. The molecule has 1 saturated heterocycles. The second kappa shape index (κ2) is 11.5. The van der Waals surface area contributed by atoms with E-state index in [1.54, 1.807) is 36.4 Å². The molecule has 1 aliphatic rings. The van der Waals surface area contributed by atoms with Gasteiger partial charge in [-0.3, -0.25) is 0 Å². The lowest BCUT2D eigenvalue weighted by Crippen LogP contribution is -2.32. The maximum absolute atomic E-state index is 13.5. The monoisotopic (exact) mass is 563 g/mol. The zero-order chi connectivity index (χ0) is 28.2. The molecule has 1 fully saturated rings. The van der Waals surface area contributed by atoms with Crippen molar-refractivity contribution in [3.8, 4) is 17.6 Å². The lowest BCUT2D eigenvalue weighted by atomic mass is 10.1. The molecule has 2 aromatic carbocycles. The molecule has 0 amide bonds. The minimum Gasteiger partial charge on any atom is -0.495 e. The molecule has 2 N–H and O–H groups in total. The number of rotatable bonds is 7. The van der Waals surface area contributed by atoms with Gasteiger partial charge in [0, 0.05) is 17.1 Å². The van der Waals surface area contributed by atoms with Crippen LogP contribution in [0.3, 0.4) is 0 Å². The number of alkyl halides is 3. The highest BCUT2D eigenvalue weighted by molar-refractivity contribution is 7.91. The van der Waals surface area contributed by atoms with Gasteiger partial charge in [-0.2, -0.15) is 13.2 Å². The molecule has 12 heteroatoms. The number of benzene rings is 2. The number of ether oxygens (including phenoxy) is 2. The first-order valence-electron chi connectivity index (χ1n) is 12.1. The standard InChI is InChI=1S/C27H28F3N3O5S/c1-37-25-15-18(26(34)38-2)8-9-23(25)31-12-4-5-20-16-21-22(32-19-10-13-39(35,36)14-11-19)6-3-7-24(21)33(20)17-27(28,29)30/h3,6-9,15-16,19,31-32H,10-14,17H2,1-2H3. The largest absolute Gasteiger partial charge is 0.495 e. The van der Waals surface area contributed by atoms with Gasteiger partial charge in [-0.25, -0.2) is 13.2 Å². The second-order valence-corrected chi connectivity index (χ2v) is 11.4. The number of carbonyl (C=O) groups excluding carboxylic acids is 1. The fraction of sp³-hybridized carbons (Fsp3) is 0.370. The topological polar surface area (TPSA) is 98.7 Å². The summed E-state index contributed by atoms with van der Waals surface area (Å²) in [6, 6.07) is 11.3. The Morgan fingerprint density at radius 2 is 1.85 bits per heavy atom. The van der Waals surface area contributed by atoms with Gasteiger partial charge in [-0.05, 0) is 55.2 Å². The highest BCUT2D eigenvalue weighted by Crippen LogP contribution is 2.31. The van der Waals surface area contributed by atoms with Crippen molar-refractivity contribution in [2.24, 2.45) is 0 Å². The zero-order valence-corrected chi connectivity index (χ0v) is 22.2. The van der Waals surface area contributed by atoms with Crippen molar-refractivity contribution in [3.05, 3.63) is 53.7 Å². The molecule has 1 aromatic heterocycles. The van der Waals surface area contributed by atoms with E-state index in [0.717, 1.165) is 4.57 Å². The Morgan fingerprint density at radius 3 is 2.51 bits per heavy atom. The maximum atomic E-state index is 13.5. The van der Waals surface area contributed by atoms with Gasteiger partial charge in [-0.15, -0.1) is 0 Å². The summed E-state index contributed by atoms with van der Waals surface area (Å²) in [4.78, 5) is 11.7. The summed E-state index contributed by atoms with van der Waals surface area (Å²) in [5.41, 5.74) is 2.06. The van der Waals surface area contributed by atoms with Crippen molar-refractivity contribution in [2.75, 3.05) is 42.9 Å². The molecule has 2 heterocycles. The first kappa shape index (κ1) is 28.2. The summed E-state index contributed by atoms with van der Waals surface area (Å²) in [6.45, 7) is -1.11. The minimum absolute atomic E-state index is 0.0790. The normalized spacial score (nSPS) is 15.3. The van der Waals surface area contributed by atoms with Gasteiger partial charge in [0.1, 0.15) is 22.1 Å². The summed E-state index contributed by atoms with van der Waals surface area (Å²) < 4.78 is 75.1.